The van der Waals surface area contributed by atoms with E-state index in [4.69, 9.17) is 9.47 Å². The third-order valence-corrected chi connectivity index (χ3v) is 6.47. The molecule has 3 rings (SSSR count). The van der Waals surface area contributed by atoms with Gasteiger partial charge in [-0.3, -0.25) is 4.79 Å². The first-order valence-electron chi connectivity index (χ1n) is 8.81. The van der Waals surface area contributed by atoms with Crippen LogP contribution in [-0.2, 0) is 9.53 Å². The molecule has 0 bridgehead atoms. The summed E-state index contributed by atoms with van der Waals surface area (Å²) in [7, 11) is 0. The minimum absolute atomic E-state index is 0.200. The molecule has 0 fully saturated rings. The molecule has 1 amide bonds. The summed E-state index contributed by atoms with van der Waals surface area (Å²) < 4.78 is 13.4. The number of thiophene rings is 1. The summed E-state index contributed by atoms with van der Waals surface area (Å²) in [4.78, 5) is 25.1. The first kappa shape index (κ1) is 23.0. The SMILES string of the molecule is CCOC(=O)c1c(-c2ccc(Br)cc2)csc1NC(=O)COc1ccc(Br)cc1Br. The maximum atomic E-state index is 12.6. The van der Waals surface area contributed by atoms with Crippen molar-refractivity contribution < 1.29 is 19.1 Å². The number of amides is 1. The molecule has 0 aliphatic heterocycles. The normalized spacial score (nSPS) is 10.5. The maximum absolute atomic E-state index is 12.6. The quantitative estimate of drug-likeness (QED) is 0.293. The van der Waals surface area contributed by atoms with E-state index in [1.54, 1.807) is 13.0 Å². The van der Waals surface area contributed by atoms with Crippen molar-refractivity contribution in [2.24, 2.45) is 0 Å². The van der Waals surface area contributed by atoms with Gasteiger partial charge in [-0.05, 0) is 58.7 Å². The fraction of sp³-hybridized carbons (Fsp3) is 0.143. The summed E-state index contributed by atoms with van der Waals surface area (Å²) in [6.45, 7) is 1.78. The smallest absolute Gasteiger partial charge is 0.341 e. The fourth-order valence-electron chi connectivity index (χ4n) is 2.60. The Morgan fingerprint density at radius 1 is 1.03 bits per heavy atom. The lowest BCUT2D eigenvalue weighted by Gasteiger charge is -2.10. The minimum atomic E-state index is -0.483. The van der Waals surface area contributed by atoms with E-state index in [2.05, 4.69) is 53.1 Å². The second-order valence-electron chi connectivity index (χ2n) is 5.99. The van der Waals surface area contributed by atoms with Crippen molar-refractivity contribution >= 4 is 76.0 Å². The van der Waals surface area contributed by atoms with E-state index in [1.165, 1.54) is 11.3 Å². The summed E-state index contributed by atoms with van der Waals surface area (Å²) in [6, 6.07) is 13.0. The Labute approximate surface area is 203 Å². The van der Waals surface area contributed by atoms with Crippen LogP contribution in [0.4, 0.5) is 5.00 Å². The van der Waals surface area contributed by atoms with Crippen molar-refractivity contribution in [2.75, 3.05) is 18.5 Å². The molecule has 2 aromatic carbocycles. The Morgan fingerprint density at radius 3 is 2.40 bits per heavy atom. The van der Waals surface area contributed by atoms with Gasteiger partial charge in [-0.15, -0.1) is 11.3 Å². The van der Waals surface area contributed by atoms with Crippen LogP contribution in [0.1, 0.15) is 17.3 Å². The number of carbonyl (C=O) groups excluding carboxylic acids is 2. The predicted octanol–water partition coefficient (Wildman–Crippen LogP) is 6.90. The summed E-state index contributed by atoms with van der Waals surface area (Å²) in [6.07, 6.45) is 0. The van der Waals surface area contributed by atoms with E-state index in [9.17, 15) is 9.59 Å². The Kier molecular flexibility index (Phi) is 8.10. The van der Waals surface area contributed by atoms with Gasteiger partial charge < -0.3 is 14.8 Å². The van der Waals surface area contributed by atoms with Crippen molar-refractivity contribution in [1.29, 1.82) is 0 Å². The number of carbonyl (C=O) groups is 2. The Morgan fingerprint density at radius 2 is 1.73 bits per heavy atom. The fourth-order valence-corrected chi connectivity index (χ4v) is 5.00. The number of hydrogen-bond donors (Lipinski definition) is 1. The van der Waals surface area contributed by atoms with Crippen LogP contribution in [0.2, 0.25) is 0 Å². The van der Waals surface area contributed by atoms with Gasteiger partial charge in [0.2, 0.25) is 0 Å². The van der Waals surface area contributed by atoms with Crippen LogP contribution >= 0.6 is 59.1 Å². The molecule has 0 saturated heterocycles. The zero-order chi connectivity index (χ0) is 21.7. The number of hydrogen-bond acceptors (Lipinski definition) is 5. The second kappa shape index (κ2) is 10.6. The van der Waals surface area contributed by atoms with Crippen LogP contribution in [-0.4, -0.2) is 25.1 Å². The largest absolute Gasteiger partial charge is 0.483 e. The number of nitrogens with one attached hydrogen (secondary N) is 1. The number of ether oxygens (including phenoxy) is 2. The summed E-state index contributed by atoms with van der Waals surface area (Å²) in [5.41, 5.74) is 1.90. The van der Waals surface area contributed by atoms with Gasteiger partial charge in [-0.25, -0.2) is 4.79 Å². The third-order valence-electron chi connectivity index (χ3n) is 3.93. The molecule has 9 heteroatoms. The molecule has 3 aromatic rings. The lowest BCUT2D eigenvalue weighted by molar-refractivity contribution is -0.118. The number of halogens is 3. The van der Waals surface area contributed by atoms with Gasteiger partial charge in [-0.1, -0.05) is 44.0 Å². The van der Waals surface area contributed by atoms with E-state index >= 15 is 0 Å². The second-order valence-corrected chi connectivity index (χ2v) is 9.56. The van der Waals surface area contributed by atoms with Crippen molar-refractivity contribution in [1.82, 2.24) is 0 Å². The first-order chi connectivity index (χ1) is 14.4. The zero-order valence-corrected chi connectivity index (χ0v) is 21.3. The standard InChI is InChI=1S/C21H16Br3NO4S/c1-2-28-21(27)19-15(12-3-5-13(22)6-4-12)11-30-20(19)25-18(26)10-29-17-8-7-14(23)9-16(17)24/h3-9,11H,2,10H2,1H3,(H,25,26). The molecule has 1 N–H and O–H groups in total. The highest BCUT2D eigenvalue weighted by atomic mass is 79.9. The number of benzene rings is 2. The van der Waals surface area contributed by atoms with E-state index in [1.807, 2.05) is 41.8 Å². The van der Waals surface area contributed by atoms with Crippen molar-refractivity contribution in [3.05, 3.63) is 66.8 Å². The molecule has 0 atom stereocenters. The van der Waals surface area contributed by atoms with Gasteiger partial charge >= 0.3 is 5.97 Å². The van der Waals surface area contributed by atoms with Crippen molar-refractivity contribution in [3.63, 3.8) is 0 Å². The number of rotatable bonds is 7. The zero-order valence-electron chi connectivity index (χ0n) is 15.7. The molecule has 5 nitrogen and oxygen atoms in total. The van der Waals surface area contributed by atoms with Gasteiger partial charge in [0.25, 0.3) is 5.91 Å². The van der Waals surface area contributed by atoms with Gasteiger partial charge in [0.1, 0.15) is 16.3 Å². The highest BCUT2D eigenvalue weighted by Crippen LogP contribution is 2.37. The molecule has 1 heterocycles. The summed E-state index contributed by atoms with van der Waals surface area (Å²) in [5.74, 6) is -0.316. The molecular formula is C21H16Br3NO4S. The molecule has 0 unspecified atom stereocenters. The predicted molar refractivity (Wildman–Crippen MR) is 129 cm³/mol. The molecule has 0 aliphatic rings. The van der Waals surface area contributed by atoms with Crippen LogP contribution in [0, 0.1) is 0 Å². The monoisotopic (exact) mass is 615 g/mol. The van der Waals surface area contributed by atoms with Gasteiger partial charge in [0.15, 0.2) is 6.61 Å². The van der Waals surface area contributed by atoms with Crippen LogP contribution in [0.3, 0.4) is 0 Å². The third kappa shape index (κ3) is 5.72. The number of anilines is 1. The van der Waals surface area contributed by atoms with Crippen molar-refractivity contribution in [2.45, 2.75) is 6.92 Å². The van der Waals surface area contributed by atoms with E-state index in [0.717, 1.165) is 19.0 Å². The maximum Gasteiger partial charge on any atom is 0.341 e. The summed E-state index contributed by atoms with van der Waals surface area (Å²) in [5, 5.41) is 5.03. The lowest BCUT2D eigenvalue weighted by atomic mass is 10.0. The first-order valence-corrected chi connectivity index (χ1v) is 12.1. The topological polar surface area (TPSA) is 64.6 Å². The van der Waals surface area contributed by atoms with Gasteiger partial charge in [0, 0.05) is 19.9 Å². The van der Waals surface area contributed by atoms with Gasteiger partial charge in [0.05, 0.1) is 11.1 Å². The van der Waals surface area contributed by atoms with Crippen LogP contribution < -0.4 is 10.1 Å². The molecule has 0 radical (unpaired) electrons. The molecule has 0 spiro atoms. The molecule has 156 valence electrons. The van der Waals surface area contributed by atoms with Gasteiger partial charge in [-0.2, -0.15) is 0 Å². The van der Waals surface area contributed by atoms with E-state index in [0.29, 0.717) is 21.9 Å². The highest BCUT2D eigenvalue weighted by Gasteiger charge is 2.23. The van der Waals surface area contributed by atoms with Crippen LogP contribution in [0.5, 0.6) is 5.75 Å². The van der Waals surface area contributed by atoms with E-state index in [-0.39, 0.29) is 19.1 Å². The molecule has 0 aliphatic carbocycles. The Bertz CT molecular complexity index is 1070. The Balaban J connectivity index is 1.79. The molecular weight excluding hydrogens is 602 g/mol. The summed E-state index contributed by atoms with van der Waals surface area (Å²) >= 11 is 11.4. The highest BCUT2D eigenvalue weighted by molar-refractivity contribution is 9.11. The van der Waals surface area contributed by atoms with Crippen molar-refractivity contribution in [3.8, 4) is 16.9 Å². The molecule has 1 aromatic heterocycles. The molecule has 0 saturated carbocycles. The lowest BCUT2D eigenvalue weighted by Crippen LogP contribution is -2.21. The Hall–Kier alpha value is -1.68. The average Bonchev–Trinajstić information content (AvgIpc) is 3.11. The minimum Gasteiger partial charge on any atom is -0.483 e. The number of esters is 1. The van der Waals surface area contributed by atoms with Crippen LogP contribution in [0.15, 0.2) is 61.3 Å². The van der Waals surface area contributed by atoms with E-state index < -0.39 is 5.97 Å². The van der Waals surface area contributed by atoms with Crippen LogP contribution in [0.25, 0.3) is 11.1 Å². The average molecular weight is 618 g/mol. The molecule has 30 heavy (non-hydrogen) atoms.